The summed E-state index contributed by atoms with van der Waals surface area (Å²) in [4.78, 5) is 25.5. The molecule has 7 heteroatoms. The van der Waals surface area contributed by atoms with Crippen LogP contribution in [-0.4, -0.2) is 21.5 Å². The minimum Gasteiger partial charge on any atom is -0.320 e. The van der Waals surface area contributed by atoms with E-state index in [1.54, 1.807) is 53.3 Å². The number of nitrogens with one attached hydrogen (secondary N) is 1. The van der Waals surface area contributed by atoms with Crippen LogP contribution >= 0.6 is 23.2 Å². The molecular weight excluding hydrogens is 373 g/mol. The molecule has 26 heavy (non-hydrogen) atoms. The van der Waals surface area contributed by atoms with Crippen molar-refractivity contribution in [3.8, 4) is 0 Å². The lowest BCUT2D eigenvalue weighted by Crippen LogP contribution is -2.19. The van der Waals surface area contributed by atoms with E-state index in [0.29, 0.717) is 33.5 Å². The molecule has 0 aliphatic rings. The van der Waals surface area contributed by atoms with Gasteiger partial charge in [0.15, 0.2) is 5.78 Å². The second kappa shape index (κ2) is 7.72. The van der Waals surface area contributed by atoms with Gasteiger partial charge in [-0.25, -0.2) is 0 Å². The number of nitrogens with zero attached hydrogens (tertiary/aromatic N) is 2. The molecule has 2 aromatic carbocycles. The van der Waals surface area contributed by atoms with Crippen molar-refractivity contribution in [1.82, 2.24) is 9.78 Å². The number of amides is 1. The van der Waals surface area contributed by atoms with Crippen molar-refractivity contribution in [2.45, 2.75) is 13.5 Å². The van der Waals surface area contributed by atoms with Gasteiger partial charge in [0.2, 0.25) is 0 Å². The van der Waals surface area contributed by atoms with Gasteiger partial charge in [-0.05, 0) is 43.3 Å². The first-order valence-corrected chi connectivity index (χ1v) is 8.68. The standard InChI is InChI=1S/C19H15Cl2N3O2/c1-2-24-17(9-10-22-24)19(26)23-16-8-7-12(20)11-14(16)18(25)13-5-3-4-6-15(13)21/h3-11H,2H2,1H3,(H,23,26). The molecule has 3 rings (SSSR count). The fraction of sp³-hybridized carbons (Fsp3) is 0.105. The van der Waals surface area contributed by atoms with Gasteiger partial charge in [-0.15, -0.1) is 0 Å². The van der Waals surface area contributed by atoms with Crippen molar-refractivity contribution in [2.24, 2.45) is 0 Å². The molecule has 0 aliphatic heterocycles. The van der Waals surface area contributed by atoms with Crippen LogP contribution in [0.25, 0.3) is 0 Å². The van der Waals surface area contributed by atoms with Crippen LogP contribution in [0.15, 0.2) is 54.7 Å². The zero-order valence-electron chi connectivity index (χ0n) is 13.9. The first-order valence-electron chi connectivity index (χ1n) is 7.93. The van der Waals surface area contributed by atoms with Gasteiger partial charge in [-0.1, -0.05) is 35.3 Å². The number of hydrogen-bond donors (Lipinski definition) is 1. The van der Waals surface area contributed by atoms with E-state index < -0.39 is 0 Å². The van der Waals surface area contributed by atoms with Crippen molar-refractivity contribution >= 4 is 40.6 Å². The van der Waals surface area contributed by atoms with Crippen molar-refractivity contribution in [1.29, 1.82) is 0 Å². The highest BCUT2D eigenvalue weighted by Crippen LogP contribution is 2.27. The molecule has 0 radical (unpaired) electrons. The monoisotopic (exact) mass is 387 g/mol. The van der Waals surface area contributed by atoms with E-state index in [1.807, 2.05) is 6.92 Å². The lowest BCUT2D eigenvalue weighted by Gasteiger charge is -2.12. The lowest BCUT2D eigenvalue weighted by molar-refractivity contribution is 0.101. The Labute approximate surface area is 160 Å². The van der Waals surface area contributed by atoms with Crippen molar-refractivity contribution < 1.29 is 9.59 Å². The summed E-state index contributed by atoms with van der Waals surface area (Å²) in [7, 11) is 0. The van der Waals surface area contributed by atoms with E-state index >= 15 is 0 Å². The number of aromatic nitrogens is 2. The van der Waals surface area contributed by atoms with Crippen LogP contribution in [0.2, 0.25) is 10.0 Å². The van der Waals surface area contributed by atoms with Gasteiger partial charge in [0.05, 0.1) is 10.7 Å². The van der Waals surface area contributed by atoms with Gasteiger partial charge in [0.25, 0.3) is 5.91 Å². The minimum atomic E-state index is -0.361. The van der Waals surface area contributed by atoms with Crippen LogP contribution in [0.4, 0.5) is 5.69 Å². The van der Waals surface area contributed by atoms with Gasteiger partial charge >= 0.3 is 0 Å². The predicted octanol–water partition coefficient (Wildman–Crippen LogP) is 4.69. The molecule has 0 aliphatic carbocycles. The van der Waals surface area contributed by atoms with E-state index in [1.165, 1.54) is 6.07 Å². The number of halogens is 2. The largest absolute Gasteiger partial charge is 0.320 e. The van der Waals surface area contributed by atoms with Gasteiger partial charge in [0, 0.05) is 28.9 Å². The van der Waals surface area contributed by atoms with Crippen LogP contribution in [0.5, 0.6) is 0 Å². The second-order valence-corrected chi connectivity index (χ2v) is 6.33. The fourth-order valence-electron chi connectivity index (χ4n) is 2.57. The Hall–Kier alpha value is -2.63. The molecule has 1 aromatic heterocycles. The summed E-state index contributed by atoms with van der Waals surface area (Å²) in [5.41, 5.74) is 1.36. The maximum atomic E-state index is 12.9. The smallest absolute Gasteiger partial charge is 0.273 e. The molecule has 0 bridgehead atoms. The topological polar surface area (TPSA) is 64.0 Å². The van der Waals surface area contributed by atoms with Crippen molar-refractivity contribution in [3.05, 3.63) is 81.6 Å². The highest BCUT2D eigenvalue weighted by atomic mass is 35.5. The molecule has 3 aromatic rings. The summed E-state index contributed by atoms with van der Waals surface area (Å²) in [6.07, 6.45) is 1.55. The van der Waals surface area contributed by atoms with Gasteiger partial charge in [-0.3, -0.25) is 14.3 Å². The highest BCUT2D eigenvalue weighted by Gasteiger charge is 2.19. The average Bonchev–Trinajstić information content (AvgIpc) is 3.12. The summed E-state index contributed by atoms with van der Waals surface area (Å²) in [6.45, 7) is 2.44. The molecule has 0 atom stereocenters. The molecule has 0 unspecified atom stereocenters. The van der Waals surface area contributed by atoms with Crippen LogP contribution in [0.3, 0.4) is 0 Å². The van der Waals surface area contributed by atoms with E-state index in [-0.39, 0.29) is 17.3 Å². The highest BCUT2D eigenvalue weighted by molar-refractivity contribution is 6.36. The molecule has 1 N–H and O–H groups in total. The van der Waals surface area contributed by atoms with Gasteiger partial charge < -0.3 is 5.32 Å². The molecule has 5 nitrogen and oxygen atoms in total. The molecule has 0 spiro atoms. The Bertz CT molecular complexity index is 982. The third kappa shape index (κ3) is 3.64. The van der Waals surface area contributed by atoms with E-state index in [4.69, 9.17) is 23.2 Å². The fourth-order valence-corrected chi connectivity index (χ4v) is 2.96. The van der Waals surface area contributed by atoms with Crippen LogP contribution in [0.1, 0.15) is 33.3 Å². The predicted molar refractivity (Wildman–Crippen MR) is 102 cm³/mol. The summed E-state index contributed by atoms with van der Waals surface area (Å²) >= 11 is 12.2. The third-order valence-electron chi connectivity index (χ3n) is 3.84. The molecule has 0 fully saturated rings. The third-order valence-corrected chi connectivity index (χ3v) is 4.41. The lowest BCUT2D eigenvalue weighted by atomic mass is 10.0. The number of ketones is 1. The number of carbonyl (C=O) groups is 2. The molecule has 1 heterocycles. The summed E-state index contributed by atoms with van der Waals surface area (Å²) < 4.78 is 1.57. The minimum absolute atomic E-state index is 0.265. The maximum absolute atomic E-state index is 12.9. The Morgan fingerprint density at radius 3 is 2.58 bits per heavy atom. The maximum Gasteiger partial charge on any atom is 0.273 e. The first kappa shape index (κ1) is 18.2. The number of benzene rings is 2. The van der Waals surface area contributed by atoms with Crippen molar-refractivity contribution in [3.63, 3.8) is 0 Å². The van der Waals surface area contributed by atoms with Crippen LogP contribution in [-0.2, 0) is 6.54 Å². The molecule has 1 amide bonds. The number of aryl methyl sites for hydroxylation is 1. The number of anilines is 1. The van der Waals surface area contributed by atoms with Gasteiger partial charge in [-0.2, -0.15) is 5.10 Å². The molecular formula is C19H15Cl2N3O2. The quantitative estimate of drug-likeness (QED) is 0.645. The Balaban J connectivity index is 1.98. The number of rotatable bonds is 5. The average molecular weight is 388 g/mol. The molecule has 0 saturated carbocycles. The second-order valence-electron chi connectivity index (χ2n) is 5.49. The normalized spacial score (nSPS) is 10.6. The molecule has 0 saturated heterocycles. The van der Waals surface area contributed by atoms with E-state index in [9.17, 15) is 9.59 Å². The Morgan fingerprint density at radius 2 is 1.85 bits per heavy atom. The van der Waals surface area contributed by atoms with Crippen molar-refractivity contribution in [2.75, 3.05) is 5.32 Å². The summed E-state index contributed by atoms with van der Waals surface area (Å²) in [6, 6.07) is 13.1. The van der Waals surface area contributed by atoms with Crippen LogP contribution in [0, 0.1) is 0 Å². The Morgan fingerprint density at radius 1 is 1.08 bits per heavy atom. The van der Waals surface area contributed by atoms with E-state index in [0.717, 1.165) is 0 Å². The summed E-state index contributed by atoms with van der Waals surface area (Å²) in [5, 5.41) is 7.56. The van der Waals surface area contributed by atoms with E-state index in [2.05, 4.69) is 10.4 Å². The Kier molecular flexibility index (Phi) is 5.40. The number of hydrogen-bond acceptors (Lipinski definition) is 3. The number of carbonyl (C=O) groups excluding carboxylic acids is 2. The zero-order chi connectivity index (χ0) is 18.7. The molecule has 132 valence electrons. The first-order chi connectivity index (χ1) is 12.5. The summed E-state index contributed by atoms with van der Waals surface area (Å²) in [5.74, 6) is -0.683. The SMILES string of the molecule is CCn1nccc1C(=O)Nc1ccc(Cl)cc1C(=O)c1ccccc1Cl. The van der Waals surface area contributed by atoms with Gasteiger partial charge in [0.1, 0.15) is 5.69 Å². The van der Waals surface area contributed by atoms with Crippen LogP contribution < -0.4 is 5.32 Å². The zero-order valence-corrected chi connectivity index (χ0v) is 15.4.